The van der Waals surface area contributed by atoms with E-state index in [-0.39, 0.29) is 0 Å². The number of nitrogens with zero attached hydrogens (tertiary/aromatic N) is 1. The molecule has 0 unspecified atom stereocenters. The molecule has 1 aromatic carbocycles. The molecule has 7 nitrogen and oxygen atoms in total. The Morgan fingerprint density at radius 2 is 1.86 bits per heavy atom. The van der Waals surface area contributed by atoms with Gasteiger partial charge >= 0.3 is 16.2 Å². The Morgan fingerprint density at radius 3 is 2.43 bits per heavy atom. The Labute approximate surface area is 123 Å². The summed E-state index contributed by atoms with van der Waals surface area (Å²) in [6.07, 6.45) is 2.45. The number of hydrogen-bond donors (Lipinski definition) is 2. The fourth-order valence-electron chi connectivity index (χ4n) is 1.83. The standard InChI is InChI=1S/C13H16N2O5S/c16-13(17)6-3-11-1-4-12(5-2-11)14-21(18,19)15-7-9-20-10-8-15/h1-6,14H,7-10H2,(H,16,17)/b6-3+. The first-order chi connectivity index (χ1) is 9.97. The van der Waals surface area contributed by atoms with Gasteiger partial charge in [-0.1, -0.05) is 12.1 Å². The zero-order valence-corrected chi connectivity index (χ0v) is 12.0. The van der Waals surface area contributed by atoms with E-state index in [0.29, 0.717) is 37.6 Å². The molecular weight excluding hydrogens is 296 g/mol. The van der Waals surface area contributed by atoms with Crippen molar-refractivity contribution in [1.82, 2.24) is 4.31 Å². The van der Waals surface area contributed by atoms with Crippen LogP contribution in [0.1, 0.15) is 5.56 Å². The highest BCUT2D eigenvalue weighted by molar-refractivity contribution is 7.90. The van der Waals surface area contributed by atoms with Gasteiger partial charge < -0.3 is 9.84 Å². The monoisotopic (exact) mass is 312 g/mol. The first kappa shape index (κ1) is 15.5. The third-order valence-corrected chi connectivity index (χ3v) is 4.42. The number of benzene rings is 1. The van der Waals surface area contributed by atoms with Crippen molar-refractivity contribution in [1.29, 1.82) is 0 Å². The Hall–Kier alpha value is -1.90. The van der Waals surface area contributed by atoms with E-state index in [4.69, 9.17) is 9.84 Å². The minimum absolute atomic E-state index is 0.328. The molecule has 0 spiro atoms. The molecule has 0 aliphatic carbocycles. The molecule has 2 N–H and O–H groups in total. The van der Waals surface area contributed by atoms with Gasteiger partial charge in [-0.2, -0.15) is 12.7 Å². The normalized spacial score (nSPS) is 17.0. The number of carboxylic acid groups (broad SMARTS) is 1. The number of hydrogen-bond acceptors (Lipinski definition) is 4. The van der Waals surface area contributed by atoms with Gasteiger partial charge in [0, 0.05) is 24.9 Å². The van der Waals surface area contributed by atoms with Crippen LogP contribution in [-0.4, -0.2) is 50.1 Å². The molecule has 0 amide bonds. The van der Waals surface area contributed by atoms with Crippen LogP contribution in [0.3, 0.4) is 0 Å². The van der Waals surface area contributed by atoms with E-state index in [1.54, 1.807) is 24.3 Å². The summed E-state index contributed by atoms with van der Waals surface area (Å²) in [7, 11) is -3.58. The SMILES string of the molecule is O=C(O)/C=C/c1ccc(NS(=O)(=O)N2CCOCC2)cc1. The Bertz CT molecular complexity index is 618. The maximum atomic E-state index is 12.1. The minimum Gasteiger partial charge on any atom is -0.478 e. The predicted molar refractivity (Wildman–Crippen MR) is 78.0 cm³/mol. The van der Waals surface area contributed by atoms with Crippen LogP contribution in [0.25, 0.3) is 6.08 Å². The number of nitrogens with one attached hydrogen (secondary N) is 1. The van der Waals surface area contributed by atoms with Gasteiger partial charge in [-0.15, -0.1) is 0 Å². The van der Waals surface area contributed by atoms with Gasteiger partial charge in [-0.05, 0) is 23.8 Å². The van der Waals surface area contributed by atoms with E-state index in [9.17, 15) is 13.2 Å². The fraction of sp³-hybridized carbons (Fsp3) is 0.308. The van der Waals surface area contributed by atoms with Crippen molar-refractivity contribution < 1.29 is 23.1 Å². The van der Waals surface area contributed by atoms with E-state index in [2.05, 4.69) is 4.72 Å². The Morgan fingerprint density at radius 1 is 1.24 bits per heavy atom. The summed E-state index contributed by atoms with van der Waals surface area (Å²) in [6.45, 7) is 1.43. The molecule has 0 saturated carbocycles. The topological polar surface area (TPSA) is 95.9 Å². The van der Waals surface area contributed by atoms with Crippen molar-refractivity contribution in [2.45, 2.75) is 0 Å². The molecule has 1 fully saturated rings. The molecule has 1 heterocycles. The maximum absolute atomic E-state index is 12.1. The lowest BCUT2D eigenvalue weighted by Gasteiger charge is -2.26. The van der Waals surface area contributed by atoms with Crippen LogP contribution in [0.2, 0.25) is 0 Å². The van der Waals surface area contributed by atoms with E-state index in [0.717, 1.165) is 6.08 Å². The summed E-state index contributed by atoms with van der Waals surface area (Å²) < 4.78 is 33.2. The molecule has 114 valence electrons. The molecule has 1 saturated heterocycles. The quantitative estimate of drug-likeness (QED) is 0.783. The molecule has 0 atom stereocenters. The van der Waals surface area contributed by atoms with Crippen LogP contribution in [0.4, 0.5) is 5.69 Å². The molecule has 0 bridgehead atoms. The highest BCUT2D eigenvalue weighted by Crippen LogP contribution is 2.15. The van der Waals surface area contributed by atoms with Gasteiger partial charge in [-0.3, -0.25) is 4.72 Å². The smallest absolute Gasteiger partial charge is 0.328 e. The van der Waals surface area contributed by atoms with Crippen molar-refractivity contribution in [3.05, 3.63) is 35.9 Å². The first-order valence-electron chi connectivity index (χ1n) is 6.34. The second-order valence-electron chi connectivity index (χ2n) is 4.41. The third kappa shape index (κ3) is 4.55. The van der Waals surface area contributed by atoms with Crippen molar-refractivity contribution in [3.8, 4) is 0 Å². The summed E-state index contributed by atoms with van der Waals surface area (Å²) in [5.41, 5.74) is 1.10. The van der Waals surface area contributed by atoms with Crippen LogP contribution < -0.4 is 4.72 Å². The molecule has 1 aliphatic rings. The molecule has 1 aliphatic heterocycles. The number of carbonyl (C=O) groups is 1. The maximum Gasteiger partial charge on any atom is 0.328 e. The first-order valence-corrected chi connectivity index (χ1v) is 7.78. The zero-order chi connectivity index (χ0) is 15.3. The minimum atomic E-state index is -3.58. The summed E-state index contributed by atoms with van der Waals surface area (Å²) in [4.78, 5) is 10.4. The van der Waals surface area contributed by atoms with Gasteiger partial charge in [0.1, 0.15) is 0 Å². The van der Waals surface area contributed by atoms with E-state index in [1.807, 2.05) is 0 Å². The summed E-state index contributed by atoms with van der Waals surface area (Å²) in [5.74, 6) is -1.04. The lowest BCUT2D eigenvalue weighted by molar-refractivity contribution is -0.131. The van der Waals surface area contributed by atoms with Gasteiger partial charge in [0.2, 0.25) is 0 Å². The lowest BCUT2D eigenvalue weighted by Crippen LogP contribution is -2.43. The number of morpholine rings is 1. The number of ether oxygens (including phenoxy) is 1. The molecule has 8 heteroatoms. The predicted octanol–water partition coefficient (Wildman–Crippen LogP) is 0.773. The van der Waals surface area contributed by atoms with Crippen LogP contribution in [0, 0.1) is 0 Å². The van der Waals surface area contributed by atoms with Crippen molar-refractivity contribution in [3.63, 3.8) is 0 Å². The van der Waals surface area contributed by atoms with Gasteiger partial charge in [0.05, 0.1) is 13.2 Å². The number of anilines is 1. The third-order valence-electron chi connectivity index (χ3n) is 2.89. The van der Waals surface area contributed by atoms with Crippen LogP contribution >= 0.6 is 0 Å². The summed E-state index contributed by atoms with van der Waals surface area (Å²) in [5, 5.41) is 8.53. The van der Waals surface area contributed by atoms with Crippen molar-refractivity contribution in [2.24, 2.45) is 0 Å². The summed E-state index contributed by atoms with van der Waals surface area (Å²) in [6, 6.07) is 6.44. The van der Waals surface area contributed by atoms with Crippen LogP contribution in [0.15, 0.2) is 30.3 Å². The second-order valence-corrected chi connectivity index (χ2v) is 6.08. The van der Waals surface area contributed by atoms with E-state index in [1.165, 1.54) is 10.4 Å². The molecule has 1 aromatic rings. The highest BCUT2D eigenvalue weighted by Gasteiger charge is 2.23. The van der Waals surface area contributed by atoms with Crippen molar-refractivity contribution in [2.75, 3.05) is 31.0 Å². The zero-order valence-electron chi connectivity index (χ0n) is 11.2. The van der Waals surface area contributed by atoms with Crippen molar-refractivity contribution >= 4 is 27.9 Å². The average Bonchev–Trinajstić information content (AvgIpc) is 2.47. The second kappa shape index (κ2) is 6.70. The van der Waals surface area contributed by atoms with Gasteiger partial charge in [-0.25, -0.2) is 4.79 Å². The molecule has 0 radical (unpaired) electrons. The average molecular weight is 312 g/mol. The number of aliphatic carboxylic acids is 1. The van der Waals surface area contributed by atoms with E-state index < -0.39 is 16.2 Å². The number of carboxylic acids is 1. The largest absolute Gasteiger partial charge is 0.478 e. The van der Waals surface area contributed by atoms with Gasteiger partial charge in [0.15, 0.2) is 0 Å². The fourth-order valence-corrected chi connectivity index (χ4v) is 3.02. The van der Waals surface area contributed by atoms with Crippen LogP contribution in [-0.2, 0) is 19.7 Å². The van der Waals surface area contributed by atoms with Crippen LogP contribution in [0.5, 0.6) is 0 Å². The lowest BCUT2D eigenvalue weighted by atomic mass is 10.2. The van der Waals surface area contributed by atoms with E-state index >= 15 is 0 Å². The molecular formula is C13H16N2O5S. The highest BCUT2D eigenvalue weighted by atomic mass is 32.2. The number of rotatable bonds is 5. The summed E-state index contributed by atoms with van der Waals surface area (Å²) >= 11 is 0. The van der Waals surface area contributed by atoms with Gasteiger partial charge in [0.25, 0.3) is 0 Å². The molecule has 2 rings (SSSR count). The molecule has 0 aromatic heterocycles. The Balaban J connectivity index is 2.04. The molecule has 21 heavy (non-hydrogen) atoms. The Kier molecular flexibility index (Phi) is 4.94.